The third-order valence-corrected chi connectivity index (χ3v) is 3.91. The van der Waals surface area contributed by atoms with Gasteiger partial charge >= 0.3 is 0 Å². The van der Waals surface area contributed by atoms with Crippen molar-refractivity contribution >= 4 is 0 Å². The van der Waals surface area contributed by atoms with Crippen LogP contribution in [-0.2, 0) is 6.54 Å². The molecule has 0 unspecified atom stereocenters. The van der Waals surface area contributed by atoms with E-state index in [1.165, 1.54) is 18.4 Å². The number of aromatic nitrogens is 2. The van der Waals surface area contributed by atoms with Crippen molar-refractivity contribution in [2.24, 2.45) is 0 Å². The Morgan fingerprint density at radius 1 is 1.19 bits per heavy atom. The minimum atomic E-state index is 0.691. The maximum atomic E-state index is 5.76. The first-order valence-electron chi connectivity index (χ1n) is 7.56. The van der Waals surface area contributed by atoms with Crippen LogP contribution < -0.4 is 14.8 Å². The van der Waals surface area contributed by atoms with E-state index in [1.54, 1.807) is 0 Å². The summed E-state index contributed by atoms with van der Waals surface area (Å²) in [6.45, 7) is 2.27. The van der Waals surface area contributed by atoms with E-state index in [1.807, 2.05) is 18.3 Å². The number of nitrogens with zero attached hydrogens (tertiary/aromatic N) is 1. The zero-order valence-corrected chi connectivity index (χ0v) is 11.9. The normalized spacial score (nSPS) is 17.5. The third kappa shape index (κ3) is 2.74. The number of rotatable bonds is 4. The zero-order chi connectivity index (χ0) is 14.1. The maximum Gasteiger partial charge on any atom is 0.161 e. The summed E-state index contributed by atoms with van der Waals surface area (Å²) < 4.78 is 11.4. The molecule has 1 aromatic heterocycles. The summed E-state index contributed by atoms with van der Waals surface area (Å²) in [6.07, 6.45) is 5.40. The Morgan fingerprint density at radius 3 is 2.90 bits per heavy atom. The molecule has 1 aliphatic carbocycles. The second kappa shape index (κ2) is 5.41. The van der Waals surface area contributed by atoms with Gasteiger partial charge in [0.1, 0.15) is 0 Å². The molecule has 1 saturated carbocycles. The Balaban J connectivity index is 1.60. The van der Waals surface area contributed by atoms with Gasteiger partial charge in [0.25, 0.3) is 0 Å². The molecule has 0 atom stereocenters. The van der Waals surface area contributed by atoms with Gasteiger partial charge in [-0.1, -0.05) is 0 Å². The van der Waals surface area contributed by atoms with Crippen LogP contribution >= 0.6 is 0 Å². The highest BCUT2D eigenvalue weighted by molar-refractivity contribution is 5.66. The highest BCUT2D eigenvalue weighted by Gasteiger charge is 2.21. The number of hydrogen-bond acceptors (Lipinski definition) is 4. The minimum Gasteiger partial charge on any atom is -0.490 e. The molecule has 1 aliphatic heterocycles. The molecule has 2 N–H and O–H groups in total. The van der Waals surface area contributed by atoms with Crippen LogP contribution in [0.3, 0.4) is 0 Å². The molecule has 0 amide bonds. The number of benzene rings is 1. The average Bonchev–Trinajstić information content (AvgIpc) is 3.27. The van der Waals surface area contributed by atoms with E-state index in [9.17, 15) is 0 Å². The molecule has 0 bridgehead atoms. The predicted octanol–water partition coefficient (Wildman–Crippen LogP) is 2.49. The van der Waals surface area contributed by atoms with Crippen LogP contribution in [0.15, 0.2) is 24.4 Å². The molecular weight excluding hydrogens is 266 g/mol. The number of fused-ring (bicyclic) bond motifs is 1. The molecular formula is C16H19N3O2. The van der Waals surface area contributed by atoms with Crippen LogP contribution in [0.2, 0.25) is 0 Å². The smallest absolute Gasteiger partial charge is 0.161 e. The Morgan fingerprint density at radius 2 is 2.05 bits per heavy atom. The number of hydrogen-bond donors (Lipinski definition) is 2. The monoisotopic (exact) mass is 285 g/mol. The molecule has 2 aromatic rings. The fraction of sp³-hybridized carbons (Fsp3) is 0.438. The fourth-order valence-corrected chi connectivity index (χ4v) is 2.56. The lowest BCUT2D eigenvalue weighted by atomic mass is 10.1. The Hall–Kier alpha value is -2.01. The molecule has 0 radical (unpaired) electrons. The van der Waals surface area contributed by atoms with E-state index in [-0.39, 0.29) is 0 Å². The van der Waals surface area contributed by atoms with Gasteiger partial charge in [0.05, 0.1) is 25.1 Å². The van der Waals surface area contributed by atoms with E-state index in [2.05, 4.69) is 21.6 Å². The van der Waals surface area contributed by atoms with Crippen molar-refractivity contribution in [3.8, 4) is 22.8 Å². The van der Waals surface area contributed by atoms with E-state index in [0.717, 1.165) is 35.7 Å². The Kier molecular flexibility index (Phi) is 3.27. The number of nitrogens with one attached hydrogen (secondary N) is 2. The average molecular weight is 285 g/mol. The van der Waals surface area contributed by atoms with Crippen molar-refractivity contribution in [1.29, 1.82) is 0 Å². The molecule has 4 rings (SSSR count). The highest BCUT2D eigenvalue weighted by Crippen LogP contribution is 2.34. The highest BCUT2D eigenvalue weighted by atomic mass is 16.5. The molecule has 1 aromatic carbocycles. The van der Waals surface area contributed by atoms with Crippen molar-refractivity contribution in [1.82, 2.24) is 15.5 Å². The molecule has 2 heterocycles. The van der Waals surface area contributed by atoms with Gasteiger partial charge in [-0.15, -0.1) is 0 Å². The van der Waals surface area contributed by atoms with Gasteiger partial charge < -0.3 is 14.8 Å². The molecule has 21 heavy (non-hydrogen) atoms. The van der Waals surface area contributed by atoms with Crippen LogP contribution in [0.4, 0.5) is 0 Å². The van der Waals surface area contributed by atoms with Gasteiger partial charge in [-0.25, -0.2) is 0 Å². The summed E-state index contributed by atoms with van der Waals surface area (Å²) in [4.78, 5) is 0. The molecule has 2 aliphatic rings. The molecule has 5 heteroatoms. The first kappa shape index (κ1) is 12.7. The van der Waals surface area contributed by atoms with Crippen LogP contribution in [0, 0.1) is 0 Å². The van der Waals surface area contributed by atoms with Crippen LogP contribution in [0.25, 0.3) is 11.3 Å². The van der Waals surface area contributed by atoms with E-state index in [0.29, 0.717) is 19.3 Å². The van der Waals surface area contributed by atoms with Crippen LogP contribution in [0.1, 0.15) is 24.8 Å². The second-order valence-electron chi connectivity index (χ2n) is 5.64. The quantitative estimate of drug-likeness (QED) is 0.906. The predicted molar refractivity (Wildman–Crippen MR) is 79.5 cm³/mol. The van der Waals surface area contributed by atoms with Crippen LogP contribution in [0.5, 0.6) is 11.5 Å². The Labute approximate surface area is 123 Å². The number of aromatic amines is 1. The van der Waals surface area contributed by atoms with Crippen molar-refractivity contribution in [3.05, 3.63) is 30.0 Å². The lowest BCUT2D eigenvalue weighted by molar-refractivity contribution is 0.297. The minimum absolute atomic E-state index is 0.691. The van der Waals surface area contributed by atoms with Crippen molar-refractivity contribution in [2.45, 2.75) is 31.8 Å². The largest absolute Gasteiger partial charge is 0.490 e. The van der Waals surface area contributed by atoms with E-state index < -0.39 is 0 Å². The van der Waals surface area contributed by atoms with Gasteiger partial charge in [-0.3, -0.25) is 5.10 Å². The lowest BCUT2D eigenvalue weighted by Gasteiger charge is -2.10. The van der Waals surface area contributed by atoms with Gasteiger partial charge in [0, 0.05) is 30.1 Å². The van der Waals surface area contributed by atoms with E-state index in [4.69, 9.17) is 9.47 Å². The zero-order valence-electron chi connectivity index (χ0n) is 11.9. The SMILES string of the molecule is c1cc2c(cc1-c1[nH]ncc1CNC1CC1)OCCCO2. The molecule has 110 valence electrons. The topological polar surface area (TPSA) is 59.2 Å². The molecule has 1 fully saturated rings. The van der Waals surface area contributed by atoms with Gasteiger partial charge in [0.2, 0.25) is 0 Å². The van der Waals surface area contributed by atoms with Crippen molar-refractivity contribution in [3.63, 3.8) is 0 Å². The summed E-state index contributed by atoms with van der Waals surface area (Å²) >= 11 is 0. The van der Waals surface area contributed by atoms with Gasteiger partial charge in [0.15, 0.2) is 11.5 Å². The first-order valence-corrected chi connectivity index (χ1v) is 7.56. The Bertz CT molecular complexity index is 634. The lowest BCUT2D eigenvalue weighted by Crippen LogP contribution is -2.15. The number of ether oxygens (including phenoxy) is 2. The first-order chi connectivity index (χ1) is 10.4. The third-order valence-electron chi connectivity index (χ3n) is 3.91. The summed E-state index contributed by atoms with van der Waals surface area (Å²) in [5, 5.41) is 10.8. The molecule has 0 saturated heterocycles. The summed E-state index contributed by atoms with van der Waals surface area (Å²) in [5.41, 5.74) is 3.33. The standard InChI is InChI=1S/C16H19N3O2/c1-6-20-14-5-2-11(8-15(14)21-7-1)16-12(10-18-19-16)9-17-13-3-4-13/h2,5,8,10,13,17H,1,3-4,6-7,9H2,(H,18,19). The van der Waals surface area contributed by atoms with Crippen molar-refractivity contribution < 1.29 is 9.47 Å². The molecule has 0 spiro atoms. The second-order valence-corrected chi connectivity index (χ2v) is 5.64. The summed E-state index contributed by atoms with van der Waals surface area (Å²) in [7, 11) is 0. The van der Waals surface area contributed by atoms with Gasteiger partial charge in [-0.2, -0.15) is 5.10 Å². The van der Waals surface area contributed by atoms with Gasteiger partial charge in [-0.05, 0) is 31.0 Å². The summed E-state index contributed by atoms with van der Waals surface area (Å²) in [5.74, 6) is 1.65. The maximum absolute atomic E-state index is 5.76. The van der Waals surface area contributed by atoms with E-state index >= 15 is 0 Å². The number of H-pyrrole nitrogens is 1. The van der Waals surface area contributed by atoms with Crippen molar-refractivity contribution in [2.75, 3.05) is 13.2 Å². The fourth-order valence-electron chi connectivity index (χ4n) is 2.56. The summed E-state index contributed by atoms with van der Waals surface area (Å²) in [6, 6.07) is 6.77. The van der Waals surface area contributed by atoms with Crippen LogP contribution in [-0.4, -0.2) is 29.5 Å². The molecule has 5 nitrogen and oxygen atoms in total.